The molecule has 0 aliphatic heterocycles. The minimum absolute atomic E-state index is 0.109. The first kappa shape index (κ1) is 14.5. The number of carbonyl (C=O) groups is 1. The molecule has 0 saturated carbocycles. The molecule has 6 heteroatoms. The second kappa shape index (κ2) is 6.00. The van der Waals surface area contributed by atoms with Crippen LogP contribution in [0.5, 0.6) is 0 Å². The van der Waals surface area contributed by atoms with E-state index in [1.54, 1.807) is 17.4 Å². The van der Waals surface area contributed by atoms with Crippen molar-refractivity contribution >= 4 is 28.6 Å². The number of hydrogen-bond acceptors (Lipinski definition) is 4. The highest BCUT2D eigenvalue weighted by atomic mass is 32.1. The van der Waals surface area contributed by atoms with Crippen molar-refractivity contribution in [3.8, 4) is 0 Å². The summed E-state index contributed by atoms with van der Waals surface area (Å²) in [4.78, 5) is 15.4. The van der Waals surface area contributed by atoms with Gasteiger partial charge in [0.15, 0.2) is 0 Å². The van der Waals surface area contributed by atoms with Crippen LogP contribution in [0.1, 0.15) is 30.6 Å². The van der Waals surface area contributed by atoms with E-state index in [9.17, 15) is 9.18 Å². The first-order chi connectivity index (χ1) is 9.45. The van der Waals surface area contributed by atoms with Crippen LogP contribution >= 0.6 is 11.3 Å². The van der Waals surface area contributed by atoms with E-state index in [0.717, 1.165) is 10.7 Å². The van der Waals surface area contributed by atoms with Gasteiger partial charge >= 0.3 is 0 Å². The third-order valence-corrected chi connectivity index (χ3v) is 3.53. The zero-order valence-corrected chi connectivity index (χ0v) is 12.3. The number of amides is 1. The summed E-state index contributed by atoms with van der Waals surface area (Å²) in [7, 11) is 0. The summed E-state index contributed by atoms with van der Waals surface area (Å²) in [6, 6.07) is 4.32. The minimum Gasteiger partial charge on any atom is -0.374 e. The fourth-order valence-corrected chi connectivity index (χ4v) is 2.51. The second-order valence-corrected chi connectivity index (χ2v) is 5.60. The molecule has 1 amide bonds. The van der Waals surface area contributed by atoms with Gasteiger partial charge in [-0.25, -0.2) is 9.37 Å². The minimum atomic E-state index is -0.363. The Morgan fingerprint density at radius 1 is 1.45 bits per heavy atom. The highest BCUT2D eigenvalue weighted by Gasteiger charge is 2.12. The molecule has 20 heavy (non-hydrogen) atoms. The zero-order chi connectivity index (χ0) is 14.7. The maximum atomic E-state index is 13.8. The average Bonchev–Trinajstić information content (AvgIpc) is 2.79. The summed E-state index contributed by atoms with van der Waals surface area (Å²) in [5.74, 6) is -0.552. The molecule has 1 aromatic heterocycles. The molecule has 2 rings (SSSR count). The first-order valence-corrected chi connectivity index (χ1v) is 7.09. The fraction of sp³-hybridized carbons (Fsp3) is 0.286. The van der Waals surface area contributed by atoms with Gasteiger partial charge in [-0.1, -0.05) is 0 Å². The molecule has 0 fully saturated rings. The molecular weight excluding hydrogens is 277 g/mol. The lowest BCUT2D eigenvalue weighted by Crippen LogP contribution is -2.10. The second-order valence-electron chi connectivity index (χ2n) is 4.53. The molecule has 0 bridgehead atoms. The van der Waals surface area contributed by atoms with E-state index in [-0.39, 0.29) is 17.8 Å². The molecule has 0 saturated heterocycles. The lowest BCUT2D eigenvalue weighted by atomic mass is 10.2. The molecule has 0 aliphatic rings. The molecule has 4 nitrogen and oxygen atoms in total. The Morgan fingerprint density at radius 2 is 2.20 bits per heavy atom. The number of aryl methyl sites for hydroxylation is 1. The molecular formula is C14H16FN3OS. The summed E-state index contributed by atoms with van der Waals surface area (Å²) in [6.45, 7) is 5.26. The van der Waals surface area contributed by atoms with Crippen molar-refractivity contribution in [3.63, 3.8) is 0 Å². The molecule has 2 aromatic rings. The number of halogens is 1. The Labute approximate surface area is 121 Å². The molecule has 1 aromatic carbocycles. The van der Waals surface area contributed by atoms with Crippen LogP contribution in [0, 0.1) is 12.7 Å². The molecule has 2 N–H and O–H groups in total. The lowest BCUT2D eigenvalue weighted by Gasteiger charge is -2.15. The number of benzene rings is 1. The number of carbonyl (C=O) groups excluding carboxylic acids is 1. The van der Waals surface area contributed by atoms with E-state index in [2.05, 4.69) is 15.6 Å². The summed E-state index contributed by atoms with van der Waals surface area (Å²) in [6.07, 6.45) is 0. The Kier molecular flexibility index (Phi) is 4.34. The number of nitrogens with one attached hydrogen (secondary N) is 2. The molecule has 106 valence electrons. The van der Waals surface area contributed by atoms with Gasteiger partial charge in [0.25, 0.3) is 0 Å². The third-order valence-electron chi connectivity index (χ3n) is 2.74. The predicted octanol–water partition coefficient (Wildman–Crippen LogP) is 3.72. The van der Waals surface area contributed by atoms with Crippen molar-refractivity contribution in [1.82, 2.24) is 4.98 Å². The molecule has 0 aliphatic carbocycles. The van der Waals surface area contributed by atoms with Crippen LogP contribution in [-0.4, -0.2) is 10.9 Å². The molecule has 1 unspecified atom stereocenters. The van der Waals surface area contributed by atoms with Crippen molar-refractivity contribution in [2.24, 2.45) is 0 Å². The number of aromatic nitrogens is 1. The topological polar surface area (TPSA) is 54.0 Å². The van der Waals surface area contributed by atoms with Gasteiger partial charge in [0.05, 0.1) is 22.4 Å². The molecule has 0 spiro atoms. The molecule has 0 radical (unpaired) electrons. The van der Waals surface area contributed by atoms with Crippen molar-refractivity contribution < 1.29 is 9.18 Å². The fourth-order valence-electron chi connectivity index (χ4n) is 1.80. The quantitative estimate of drug-likeness (QED) is 0.903. The van der Waals surface area contributed by atoms with Crippen LogP contribution in [0.15, 0.2) is 23.6 Å². The van der Waals surface area contributed by atoms with Gasteiger partial charge in [0.2, 0.25) is 5.91 Å². The number of hydrogen-bond donors (Lipinski definition) is 2. The molecule has 1 atom stereocenters. The Hall–Kier alpha value is -1.95. The van der Waals surface area contributed by atoms with Crippen LogP contribution in [0.4, 0.5) is 15.8 Å². The van der Waals surface area contributed by atoms with Crippen molar-refractivity contribution in [2.45, 2.75) is 26.8 Å². The smallest absolute Gasteiger partial charge is 0.221 e. The van der Waals surface area contributed by atoms with E-state index in [0.29, 0.717) is 11.4 Å². The van der Waals surface area contributed by atoms with Gasteiger partial charge in [0.1, 0.15) is 5.82 Å². The SMILES string of the molecule is CC(=O)Nc1ccc(F)c(NC(C)c2csc(C)n2)c1. The Balaban J connectivity index is 2.17. The van der Waals surface area contributed by atoms with Gasteiger partial charge in [-0.15, -0.1) is 11.3 Å². The predicted molar refractivity (Wildman–Crippen MR) is 79.6 cm³/mol. The van der Waals surface area contributed by atoms with E-state index in [1.165, 1.54) is 19.1 Å². The largest absolute Gasteiger partial charge is 0.374 e. The summed E-state index contributed by atoms with van der Waals surface area (Å²) < 4.78 is 13.8. The highest BCUT2D eigenvalue weighted by molar-refractivity contribution is 7.09. The zero-order valence-electron chi connectivity index (χ0n) is 11.5. The maximum Gasteiger partial charge on any atom is 0.221 e. The van der Waals surface area contributed by atoms with Crippen LogP contribution < -0.4 is 10.6 Å². The lowest BCUT2D eigenvalue weighted by molar-refractivity contribution is -0.114. The number of rotatable bonds is 4. The maximum absolute atomic E-state index is 13.8. The summed E-state index contributed by atoms with van der Waals surface area (Å²) in [5, 5.41) is 8.62. The van der Waals surface area contributed by atoms with E-state index < -0.39 is 0 Å². The normalized spacial score (nSPS) is 12.0. The first-order valence-electron chi connectivity index (χ1n) is 6.21. The van der Waals surface area contributed by atoms with Crippen molar-refractivity contribution in [2.75, 3.05) is 10.6 Å². The van der Waals surface area contributed by atoms with Crippen LogP contribution in [0.3, 0.4) is 0 Å². The van der Waals surface area contributed by atoms with E-state index >= 15 is 0 Å². The van der Waals surface area contributed by atoms with Gasteiger partial charge in [-0.05, 0) is 32.0 Å². The van der Waals surface area contributed by atoms with Crippen molar-refractivity contribution in [1.29, 1.82) is 0 Å². The Bertz CT molecular complexity index is 627. The standard InChI is InChI=1S/C14H16FN3OS/c1-8(14-7-20-10(3)18-14)16-13-6-11(17-9(2)19)4-5-12(13)15/h4-8,16H,1-3H3,(H,17,19). The highest BCUT2D eigenvalue weighted by Crippen LogP contribution is 2.25. The Morgan fingerprint density at radius 3 is 2.80 bits per heavy atom. The number of nitrogens with zero attached hydrogens (tertiary/aromatic N) is 1. The number of thiazole rings is 1. The third kappa shape index (κ3) is 3.54. The summed E-state index contributed by atoms with van der Waals surface area (Å²) in [5.41, 5.74) is 1.77. The van der Waals surface area contributed by atoms with E-state index in [4.69, 9.17) is 0 Å². The summed E-state index contributed by atoms with van der Waals surface area (Å²) >= 11 is 1.56. The van der Waals surface area contributed by atoms with Gasteiger partial charge < -0.3 is 10.6 Å². The van der Waals surface area contributed by atoms with Crippen molar-refractivity contribution in [3.05, 3.63) is 40.1 Å². The van der Waals surface area contributed by atoms with E-state index in [1.807, 2.05) is 19.2 Å². The van der Waals surface area contributed by atoms with Gasteiger partial charge in [0, 0.05) is 18.0 Å². The monoisotopic (exact) mass is 293 g/mol. The van der Waals surface area contributed by atoms with Gasteiger partial charge in [-0.3, -0.25) is 4.79 Å². The van der Waals surface area contributed by atoms with Crippen LogP contribution in [-0.2, 0) is 4.79 Å². The van der Waals surface area contributed by atoms with Crippen LogP contribution in [0.25, 0.3) is 0 Å². The van der Waals surface area contributed by atoms with Crippen LogP contribution in [0.2, 0.25) is 0 Å². The number of anilines is 2. The average molecular weight is 293 g/mol. The van der Waals surface area contributed by atoms with Gasteiger partial charge in [-0.2, -0.15) is 0 Å². The molecule has 1 heterocycles.